The number of nitrogens with one attached hydrogen (secondary N) is 2. The van der Waals surface area contributed by atoms with E-state index in [1.165, 1.54) is 0 Å². The van der Waals surface area contributed by atoms with Crippen molar-refractivity contribution >= 4 is 69.1 Å². The summed E-state index contributed by atoms with van der Waals surface area (Å²) in [6.45, 7) is -0.125. The van der Waals surface area contributed by atoms with Crippen LogP contribution in [0.4, 0.5) is 9.59 Å². The van der Waals surface area contributed by atoms with Crippen LogP contribution in [-0.2, 0) is 47.8 Å². The molecule has 2 atom stereocenters. The number of hydrogen-bond donors (Lipinski definition) is 2. The van der Waals surface area contributed by atoms with Crippen molar-refractivity contribution in [2.45, 2.75) is 55.7 Å². The van der Waals surface area contributed by atoms with Crippen LogP contribution in [-0.4, -0.2) is 95.5 Å². The molecule has 15 nitrogen and oxygen atoms in total. The van der Waals surface area contributed by atoms with Crippen LogP contribution in [0.3, 0.4) is 0 Å². The topological polar surface area (TPSA) is 201 Å². The Hall–Kier alpha value is -6.46. The van der Waals surface area contributed by atoms with Gasteiger partial charge in [-0.1, -0.05) is 119 Å². The van der Waals surface area contributed by atoms with E-state index in [0.29, 0.717) is 5.06 Å². The number of ketones is 2. The van der Waals surface area contributed by atoms with E-state index in [-0.39, 0.29) is 62.2 Å². The van der Waals surface area contributed by atoms with Gasteiger partial charge in [0.15, 0.2) is 11.6 Å². The predicted octanol–water partition coefficient (Wildman–Crippen LogP) is 5.63. The fraction of sp³-hybridized carbons (Fsp3) is 0.289. The number of carbonyl (C=O) groups excluding carboxylic acids is 8. The normalized spacial score (nSPS) is 16.5. The van der Waals surface area contributed by atoms with Crippen molar-refractivity contribution in [2.75, 3.05) is 24.7 Å². The van der Waals surface area contributed by atoms with Gasteiger partial charge in [-0.25, -0.2) is 19.2 Å². The van der Waals surface area contributed by atoms with Crippen molar-refractivity contribution in [1.82, 2.24) is 15.7 Å². The van der Waals surface area contributed by atoms with Gasteiger partial charge in [0.1, 0.15) is 25.3 Å². The lowest BCUT2D eigenvalue weighted by molar-refractivity contribution is -0.198. The first-order valence-corrected chi connectivity index (χ1v) is 22.4. The van der Waals surface area contributed by atoms with Crippen molar-refractivity contribution in [3.05, 3.63) is 119 Å². The third kappa shape index (κ3) is 8.95. The summed E-state index contributed by atoms with van der Waals surface area (Å²) >= 11 is 0. The highest BCUT2D eigenvalue weighted by molar-refractivity contribution is 8.76. The number of nitrogens with zero attached hydrogens (tertiary/aromatic N) is 1. The number of imide groups is 1. The molecule has 8 rings (SSSR count). The van der Waals surface area contributed by atoms with Crippen molar-refractivity contribution in [2.24, 2.45) is 0 Å². The summed E-state index contributed by atoms with van der Waals surface area (Å²) in [4.78, 5) is 108. The zero-order chi connectivity index (χ0) is 43.3. The van der Waals surface area contributed by atoms with Gasteiger partial charge < -0.3 is 29.7 Å². The van der Waals surface area contributed by atoms with Gasteiger partial charge >= 0.3 is 24.1 Å². The van der Waals surface area contributed by atoms with E-state index in [9.17, 15) is 38.4 Å². The minimum absolute atomic E-state index is 0.0591. The SMILES string of the molecule is O=C(N[C@@H](CSSC[C@H](NC(=O)OCC1c2ccccc2-c2ccccc21)C(=O)ON1C(=O)CCC1=O)C(=O)OC1C(=O)CCC1=O)OCC1c2ccccc2-c2ccccc21. The maximum absolute atomic E-state index is 13.4. The van der Waals surface area contributed by atoms with Crippen molar-refractivity contribution in [3.63, 3.8) is 0 Å². The van der Waals surface area contributed by atoms with Crippen LogP contribution in [0.2, 0.25) is 0 Å². The van der Waals surface area contributed by atoms with Gasteiger partial charge in [0.05, 0.1) is 0 Å². The van der Waals surface area contributed by atoms with E-state index in [0.717, 1.165) is 66.1 Å². The first-order chi connectivity index (χ1) is 30.1. The van der Waals surface area contributed by atoms with Gasteiger partial charge in [0.2, 0.25) is 6.10 Å². The number of esters is 1. The highest BCUT2D eigenvalue weighted by atomic mass is 33.1. The zero-order valence-electron chi connectivity index (χ0n) is 32.9. The highest BCUT2D eigenvalue weighted by Gasteiger charge is 2.40. The monoisotopic (exact) mass is 877 g/mol. The predicted molar refractivity (Wildman–Crippen MR) is 225 cm³/mol. The molecule has 2 fully saturated rings. The summed E-state index contributed by atoms with van der Waals surface area (Å²) in [5, 5.41) is 5.33. The minimum atomic E-state index is -1.59. The molecule has 3 aliphatic carbocycles. The molecular weight excluding hydrogens is 839 g/mol. The number of amides is 4. The Morgan fingerprint density at radius 1 is 0.548 bits per heavy atom. The molecule has 62 heavy (non-hydrogen) atoms. The van der Waals surface area contributed by atoms with Crippen LogP contribution in [0, 0.1) is 0 Å². The largest absolute Gasteiger partial charge is 0.449 e. The third-order valence-electron chi connectivity index (χ3n) is 11.0. The number of benzene rings is 4. The van der Waals surface area contributed by atoms with Crippen LogP contribution >= 0.6 is 21.6 Å². The summed E-state index contributed by atoms with van der Waals surface area (Å²) < 4.78 is 16.6. The Balaban J connectivity index is 0.917. The molecule has 4 amide bonds. The fourth-order valence-corrected chi connectivity index (χ4v) is 10.3. The Morgan fingerprint density at radius 2 is 0.919 bits per heavy atom. The summed E-state index contributed by atoms with van der Waals surface area (Å²) in [5.41, 5.74) is 7.96. The number of ether oxygens (including phenoxy) is 3. The molecule has 0 radical (unpaired) electrons. The summed E-state index contributed by atoms with van der Waals surface area (Å²) in [5.74, 6) is -5.71. The molecule has 0 bridgehead atoms. The molecule has 2 N–H and O–H groups in total. The van der Waals surface area contributed by atoms with E-state index in [1.807, 2.05) is 97.1 Å². The number of carbonyl (C=O) groups is 8. The van der Waals surface area contributed by atoms with Crippen LogP contribution in [0.25, 0.3) is 22.3 Å². The Bertz CT molecular complexity index is 2190. The summed E-state index contributed by atoms with van der Waals surface area (Å²) in [7, 11) is 1.95. The van der Waals surface area contributed by atoms with E-state index in [1.54, 1.807) is 0 Å². The lowest BCUT2D eigenvalue weighted by Crippen LogP contribution is -2.47. The zero-order valence-corrected chi connectivity index (χ0v) is 34.6. The van der Waals surface area contributed by atoms with Crippen LogP contribution in [0.5, 0.6) is 0 Å². The smallest absolute Gasteiger partial charge is 0.407 e. The van der Waals surface area contributed by atoms with Gasteiger partial charge in [-0.15, -0.1) is 5.06 Å². The third-order valence-corrected chi connectivity index (χ3v) is 13.4. The van der Waals surface area contributed by atoms with Gasteiger partial charge in [0.25, 0.3) is 11.8 Å². The second kappa shape index (κ2) is 18.7. The van der Waals surface area contributed by atoms with Gasteiger partial charge in [0, 0.05) is 49.0 Å². The van der Waals surface area contributed by atoms with E-state index >= 15 is 0 Å². The van der Waals surface area contributed by atoms with Crippen LogP contribution in [0.15, 0.2) is 97.1 Å². The number of hydrogen-bond acceptors (Lipinski definition) is 14. The van der Waals surface area contributed by atoms with E-state index < -0.39 is 65.7 Å². The standard InChI is InChI=1S/C45H39N3O12S2/c49-37-17-18-38(50)41(37)59-42(53)35(46-44(55)57-21-33-29-13-5-1-9-25(29)26-10-2-6-14-30(26)33)23-61-62-24-36(43(54)60-48-39(51)19-20-40(48)52)47-45(56)58-22-34-31-15-7-3-11-27(31)28-12-4-8-16-32(28)34/h1-16,33-36,41H,17-24H2,(H,46,55)(H,47,56)/t35-,36-/m0/s1. The molecule has 1 saturated heterocycles. The minimum Gasteiger partial charge on any atom is -0.449 e. The summed E-state index contributed by atoms with van der Waals surface area (Å²) in [6.07, 6.45) is -3.96. The maximum Gasteiger partial charge on any atom is 0.407 e. The van der Waals surface area contributed by atoms with Gasteiger partial charge in [-0.3, -0.25) is 19.2 Å². The molecule has 4 aliphatic rings. The molecule has 0 aromatic heterocycles. The molecule has 0 unspecified atom stereocenters. The Labute approximate surface area is 362 Å². The number of rotatable bonds is 15. The number of hydroxylamine groups is 2. The number of fused-ring (bicyclic) bond motifs is 6. The molecule has 4 aromatic rings. The molecule has 1 heterocycles. The second-order valence-corrected chi connectivity index (χ2v) is 17.4. The first kappa shape index (κ1) is 42.2. The van der Waals surface area contributed by atoms with E-state index in [2.05, 4.69) is 10.6 Å². The first-order valence-electron chi connectivity index (χ1n) is 19.9. The average Bonchev–Trinajstić information content (AvgIpc) is 3.99. The molecule has 1 aliphatic heterocycles. The lowest BCUT2D eigenvalue weighted by Gasteiger charge is -2.21. The molecule has 1 saturated carbocycles. The second-order valence-electron chi connectivity index (χ2n) is 14.9. The summed E-state index contributed by atoms with van der Waals surface area (Å²) in [6, 6.07) is 28.2. The van der Waals surface area contributed by atoms with Gasteiger partial charge in [-0.2, -0.15) is 0 Å². The molecule has 318 valence electrons. The van der Waals surface area contributed by atoms with Crippen molar-refractivity contribution in [3.8, 4) is 22.3 Å². The molecular formula is C45H39N3O12S2. The van der Waals surface area contributed by atoms with Gasteiger partial charge in [-0.05, 0) is 44.5 Å². The van der Waals surface area contributed by atoms with Crippen molar-refractivity contribution < 1.29 is 57.4 Å². The fourth-order valence-electron chi connectivity index (χ4n) is 7.96. The highest BCUT2D eigenvalue weighted by Crippen LogP contribution is 2.45. The quantitative estimate of drug-likeness (QED) is 0.0372. The average molecular weight is 878 g/mol. The molecule has 0 spiro atoms. The van der Waals surface area contributed by atoms with E-state index in [4.69, 9.17) is 19.0 Å². The lowest BCUT2D eigenvalue weighted by atomic mass is 9.98. The molecule has 17 heteroatoms. The Morgan fingerprint density at radius 3 is 1.32 bits per heavy atom. The molecule has 4 aromatic carbocycles. The number of alkyl carbamates (subject to hydrolysis) is 2. The number of Topliss-reactive ketones (excluding diaryl/α,β-unsaturated/α-hetero) is 2. The maximum atomic E-state index is 13.4. The van der Waals surface area contributed by atoms with Crippen LogP contribution < -0.4 is 10.6 Å². The van der Waals surface area contributed by atoms with Crippen LogP contribution in [0.1, 0.15) is 59.8 Å². The Kier molecular flexibility index (Phi) is 12.7. The van der Waals surface area contributed by atoms with Crippen molar-refractivity contribution in [1.29, 1.82) is 0 Å².